The molecule has 0 N–H and O–H groups in total. The van der Waals surface area contributed by atoms with Gasteiger partial charge in [-0.2, -0.15) is 0 Å². The van der Waals surface area contributed by atoms with E-state index < -0.39 is 18.4 Å². The number of alkyl halides is 1. The molecule has 0 aromatic heterocycles. The van der Waals surface area contributed by atoms with Gasteiger partial charge in [-0.25, -0.2) is 9.18 Å². The van der Waals surface area contributed by atoms with Crippen molar-refractivity contribution in [1.82, 2.24) is 0 Å². The average molecular weight is 380 g/mol. The van der Waals surface area contributed by atoms with E-state index in [2.05, 4.69) is 15.9 Å². The van der Waals surface area contributed by atoms with Crippen molar-refractivity contribution in [3.63, 3.8) is 0 Å². The normalized spacial score (nSPS) is 20.5. The summed E-state index contributed by atoms with van der Waals surface area (Å²) in [6, 6.07) is 14.2. The van der Waals surface area contributed by atoms with Crippen LogP contribution in [0.25, 0.3) is 0 Å². The molecule has 1 fully saturated rings. The molecule has 0 spiro atoms. The standard InChI is InChI=1S/C17H15BrFNO3/c1-22-15-5-3-2-4-14(15)17(10-19)11-20(16(21)23-17)13-8-6-12(18)7-9-13/h2-9H,10-11H2,1H3/t17-/m0/s1. The van der Waals surface area contributed by atoms with Gasteiger partial charge in [0.05, 0.1) is 13.7 Å². The third-order valence-corrected chi connectivity index (χ3v) is 4.40. The summed E-state index contributed by atoms with van der Waals surface area (Å²) in [6.45, 7) is -0.740. The van der Waals surface area contributed by atoms with Gasteiger partial charge in [0.25, 0.3) is 0 Å². The van der Waals surface area contributed by atoms with Gasteiger partial charge in [-0.3, -0.25) is 4.90 Å². The van der Waals surface area contributed by atoms with Crippen LogP contribution in [-0.2, 0) is 10.3 Å². The first-order valence-corrected chi connectivity index (χ1v) is 7.84. The van der Waals surface area contributed by atoms with Gasteiger partial charge in [-0.15, -0.1) is 0 Å². The second kappa shape index (κ2) is 6.20. The van der Waals surface area contributed by atoms with Crippen molar-refractivity contribution in [3.8, 4) is 5.75 Å². The first-order valence-electron chi connectivity index (χ1n) is 7.05. The monoisotopic (exact) mass is 379 g/mol. The minimum Gasteiger partial charge on any atom is -0.496 e. The Kier molecular flexibility index (Phi) is 4.26. The molecule has 1 aliphatic heterocycles. The molecule has 2 aromatic rings. The number of carbonyl (C=O) groups is 1. The lowest BCUT2D eigenvalue weighted by molar-refractivity contribution is 0.0305. The average Bonchev–Trinajstić information content (AvgIpc) is 2.93. The Morgan fingerprint density at radius 1 is 1.26 bits per heavy atom. The maximum Gasteiger partial charge on any atom is 0.415 e. The first-order chi connectivity index (χ1) is 11.1. The van der Waals surface area contributed by atoms with E-state index >= 15 is 0 Å². The molecule has 4 nitrogen and oxygen atoms in total. The summed E-state index contributed by atoms with van der Waals surface area (Å²) < 4.78 is 25.6. The molecule has 0 unspecified atom stereocenters. The van der Waals surface area contributed by atoms with Crippen LogP contribution in [0.4, 0.5) is 14.9 Å². The number of hydrogen-bond acceptors (Lipinski definition) is 3. The first kappa shape index (κ1) is 15.8. The minimum absolute atomic E-state index is 0.0876. The summed E-state index contributed by atoms with van der Waals surface area (Å²) in [6.07, 6.45) is -0.573. The van der Waals surface area contributed by atoms with E-state index in [1.807, 2.05) is 12.1 Å². The number of halogens is 2. The Hall–Kier alpha value is -2.08. The molecule has 1 aliphatic rings. The zero-order chi connectivity index (χ0) is 16.4. The summed E-state index contributed by atoms with van der Waals surface area (Å²) in [7, 11) is 1.51. The molecule has 120 valence electrons. The number of ether oxygens (including phenoxy) is 2. The number of benzene rings is 2. The quantitative estimate of drug-likeness (QED) is 0.795. The molecule has 1 heterocycles. The van der Waals surface area contributed by atoms with Crippen molar-refractivity contribution in [2.24, 2.45) is 0 Å². The van der Waals surface area contributed by atoms with Gasteiger partial charge in [0, 0.05) is 15.7 Å². The Morgan fingerprint density at radius 3 is 2.61 bits per heavy atom. The summed E-state index contributed by atoms with van der Waals surface area (Å²) in [4.78, 5) is 13.7. The van der Waals surface area contributed by atoms with Crippen LogP contribution < -0.4 is 9.64 Å². The molecule has 0 aliphatic carbocycles. The van der Waals surface area contributed by atoms with Crippen LogP contribution in [0.3, 0.4) is 0 Å². The number of carbonyl (C=O) groups excluding carboxylic acids is 1. The number of cyclic esters (lactones) is 1. The molecular formula is C17H15BrFNO3. The lowest BCUT2D eigenvalue weighted by Gasteiger charge is -2.25. The highest BCUT2D eigenvalue weighted by Gasteiger charge is 2.49. The van der Waals surface area contributed by atoms with Crippen molar-refractivity contribution < 1.29 is 18.7 Å². The van der Waals surface area contributed by atoms with Gasteiger partial charge < -0.3 is 9.47 Å². The third kappa shape index (κ3) is 2.79. The molecule has 6 heteroatoms. The van der Waals surface area contributed by atoms with E-state index in [0.717, 1.165) is 4.47 Å². The zero-order valence-electron chi connectivity index (χ0n) is 12.5. The summed E-state index contributed by atoms with van der Waals surface area (Å²) in [5, 5.41) is 0. The van der Waals surface area contributed by atoms with Crippen molar-refractivity contribution in [2.75, 3.05) is 25.2 Å². The lowest BCUT2D eigenvalue weighted by atomic mass is 9.94. The molecule has 1 saturated heterocycles. The number of amides is 1. The van der Waals surface area contributed by atoms with E-state index in [4.69, 9.17) is 9.47 Å². The van der Waals surface area contributed by atoms with Crippen LogP contribution in [0.15, 0.2) is 53.0 Å². The van der Waals surface area contributed by atoms with E-state index in [-0.39, 0.29) is 6.54 Å². The molecule has 1 amide bonds. The molecule has 0 bridgehead atoms. The highest BCUT2D eigenvalue weighted by atomic mass is 79.9. The number of anilines is 1. The minimum atomic E-state index is -1.36. The van der Waals surface area contributed by atoms with Crippen LogP contribution in [-0.4, -0.2) is 26.4 Å². The van der Waals surface area contributed by atoms with Gasteiger partial charge >= 0.3 is 6.09 Å². The van der Waals surface area contributed by atoms with Gasteiger partial charge in [-0.05, 0) is 30.3 Å². The fourth-order valence-electron chi connectivity index (χ4n) is 2.69. The Morgan fingerprint density at radius 2 is 1.96 bits per heavy atom. The number of nitrogens with zero attached hydrogens (tertiary/aromatic N) is 1. The van der Waals surface area contributed by atoms with Crippen LogP contribution in [0.1, 0.15) is 5.56 Å². The molecule has 1 atom stereocenters. The van der Waals surface area contributed by atoms with E-state index in [9.17, 15) is 9.18 Å². The smallest absolute Gasteiger partial charge is 0.415 e. The fourth-order valence-corrected chi connectivity index (χ4v) is 2.96. The molecule has 0 saturated carbocycles. The Labute approximate surface area is 141 Å². The second-order valence-electron chi connectivity index (χ2n) is 5.26. The maximum absolute atomic E-state index is 13.9. The highest BCUT2D eigenvalue weighted by Crippen LogP contribution is 2.40. The lowest BCUT2D eigenvalue weighted by Crippen LogP contribution is -2.34. The highest BCUT2D eigenvalue weighted by molar-refractivity contribution is 9.10. The topological polar surface area (TPSA) is 38.8 Å². The summed E-state index contributed by atoms with van der Waals surface area (Å²) in [5.74, 6) is 0.496. The van der Waals surface area contributed by atoms with Gasteiger partial charge in [0.15, 0.2) is 5.60 Å². The second-order valence-corrected chi connectivity index (χ2v) is 6.17. The SMILES string of the molecule is COc1ccccc1[C@]1(CF)CN(c2ccc(Br)cc2)C(=O)O1. The largest absolute Gasteiger partial charge is 0.496 e. The van der Waals surface area contributed by atoms with Gasteiger partial charge in [0.1, 0.15) is 12.4 Å². The predicted octanol–water partition coefficient (Wildman–Crippen LogP) is 4.28. The maximum atomic E-state index is 13.9. The Bertz CT molecular complexity index is 722. The van der Waals surface area contributed by atoms with E-state index in [0.29, 0.717) is 17.0 Å². The summed E-state index contributed by atoms with van der Waals surface area (Å²) in [5.41, 5.74) is -0.182. The van der Waals surface area contributed by atoms with Crippen LogP contribution in [0.2, 0.25) is 0 Å². The Balaban J connectivity index is 1.99. The molecule has 3 rings (SSSR count). The fraction of sp³-hybridized carbons (Fsp3) is 0.235. The van der Waals surface area contributed by atoms with Crippen molar-refractivity contribution in [1.29, 1.82) is 0 Å². The van der Waals surface area contributed by atoms with Crippen LogP contribution in [0, 0.1) is 0 Å². The van der Waals surface area contributed by atoms with E-state index in [1.54, 1.807) is 36.4 Å². The summed E-state index contributed by atoms with van der Waals surface area (Å²) >= 11 is 3.35. The molecule has 0 radical (unpaired) electrons. The van der Waals surface area contributed by atoms with Crippen molar-refractivity contribution in [3.05, 3.63) is 58.6 Å². The number of hydrogen-bond donors (Lipinski definition) is 0. The van der Waals surface area contributed by atoms with Crippen molar-refractivity contribution >= 4 is 27.7 Å². The molecule has 23 heavy (non-hydrogen) atoms. The van der Waals surface area contributed by atoms with Crippen LogP contribution >= 0.6 is 15.9 Å². The molecule has 2 aromatic carbocycles. The van der Waals surface area contributed by atoms with Crippen LogP contribution in [0.5, 0.6) is 5.75 Å². The van der Waals surface area contributed by atoms with Gasteiger partial charge in [-0.1, -0.05) is 34.1 Å². The number of rotatable bonds is 4. The zero-order valence-corrected chi connectivity index (χ0v) is 14.0. The van der Waals surface area contributed by atoms with Crippen molar-refractivity contribution in [2.45, 2.75) is 5.60 Å². The third-order valence-electron chi connectivity index (χ3n) is 3.87. The number of para-hydroxylation sites is 1. The van der Waals surface area contributed by atoms with E-state index in [1.165, 1.54) is 12.0 Å². The number of methoxy groups -OCH3 is 1. The predicted molar refractivity (Wildman–Crippen MR) is 88.6 cm³/mol. The van der Waals surface area contributed by atoms with Gasteiger partial charge in [0.2, 0.25) is 0 Å². The molecular weight excluding hydrogens is 365 g/mol.